The molecule has 35 heavy (non-hydrogen) atoms. The maximum Gasteiger partial charge on any atom is 0.278 e. The number of carbonyl (C=O) groups excluding carboxylic acids is 1. The van der Waals surface area contributed by atoms with E-state index in [-0.39, 0.29) is 18.0 Å². The van der Waals surface area contributed by atoms with Crippen LogP contribution in [0.4, 0.5) is 5.69 Å². The lowest BCUT2D eigenvalue weighted by atomic mass is 10.0. The third kappa shape index (κ3) is 4.33. The van der Waals surface area contributed by atoms with E-state index in [0.29, 0.717) is 47.3 Å². The number of benzene rings is 3. The van der Waals surface area contributed by atoms with E-state index < -0.39 is 0 Å². The van der Waals surface area contributed by atoms with Gasteiger partial charge in [-0.1, -0.05) is 49.4 Å². The number of amides is 1. The summed E-state index contributed by atoms with van der Waals surface area (Å²) in [4.78, 5) is 26.7. The normalized spacial score (nSPS) is 11.8. The molecular formula is C28H27N3O4. The van der Waals surface area contributed by atoms with Crippen molar-refractivity contribution in [2.24, 2.45) is 0 Å². The van der Waals surface area contributed by atoms with Gasteiger partial charge in [0.1, 0.15) is 6.54 Å². The number of nitrogens with one attached hydrogen (secondary N) is 1. The lowest BCUT2D eigenvalue weighted by molar-refractivity contribution is -0.117. The number of anilines is 1. The molecule has 7 heteroatoms. The molecule has 0 bridgehead atoms. The van der Waals surface area contributed by atoms with Crippen LogP contribution in [-0.2, 0) is 24.2 Å². The van der Waals surface area contributed by atoms with Gasteiger partial charge in [-0.3, -0.25) is 9.59 Å². The number of para-hydroxylation sites is 2. The topological polar surface area (TPSA) is 74.5 Å². The van der Waals surface area contributed by atoms with Gasteiger partial charge in [-0.25, -0.2) is 9.36 Å². The highest BCUT2D eigenvalue weighted by atomic mass is 16.5. The first kappa shape index (κ1) is 22.5. The largest absolute Gasteiger partial charge is 0.490 e. The smallest absolute Gasteiger partial charge is 0.278 e. The van der Waals surface area contributed by atoms with E-state index in [4.69, 9.17) is 9.47 Å². The highest BCUT2D eigenvalue weighted by Crippen LogP contribution is 2.42. The average molecular weight is 470 g/mol. The van der Waals surface area contributed by atoms with E-state index in [0.717, 1.165) is 12.0 Å². The van der Waals surface area contributed by atoms with Crippen molar-refractivity contribution < 1.29 is 14.3 Å². The highest BCUT2D eigenvalue weighted by molar-refractivity contribution is 5.90. The van der Waals surface area contributed by atoms with Gasteiger partial charge in [0.05, 0.1) is 17.9 Å². The van der Waals surface area contributed by atoms with Crippen LogP contribution >= 0.6 is 0 Å². The summed E-state index contributed by atoms with van der Waals surface area (Å²) in [6.45, 7) is 4.39. The van der Waals surface area contributed by atoms with Crippen LogP contribution in [0.3, 0.4) is 0 Å². The van der Waals surface area contributed by atoms with Gasteiger partial charge < -0.3 is 14.8 Å². The Bertz CT molecular complexity index is 1420. The summed E-state index contributed by atoms with van der Waals surface area (Å²) in [5.74, 6) is 1.29. The lowest BCUT2D eigenvalue weighted by Crippen LogP contribution is -2.27. The van der Waals surface area contributed by atoms with Gasteiger partial charge in [-0.05, 0) is 49.2 Å². The maximum atomic E-state index is 13.6. The summed E-state index contributed by atoms with van der Waals surface area (Å²) in [6.07, 6.45) is 1.32. The molecule has 0 atom stereocenters. The van der Waals surface area contributed by atoms with Crippen molar-refractivity contribution in [3.63, 3.8) is 0 Å². The van der Waals surface area contributed by atoms with E-state index in [1.807, 2.05) is 79.7 Å². The summed E-state index contributed by atoms with van der Waals surface area (Å²) in [7, 11) is 0. The van der Waals surface area contributed by atoms with Gasteiger partial charge in [-0.2, -0.15) is 0 Å². The van der Waals surface area contributed by atoms with Crippen LogP contribution in [0.2, 0.25) is 0 Å². The molecule has 0 saturated heterocycles. The summed E-state index contributed by atoms with van der Waals surface area (Å²) >= 11 is 0. The van der Waals surface area contributed by atoms with E-state index >= 15 is 0 Å². The molecule has 1 aliphatic rings. The zero-order chi connectivity index (χ0) is 24.4. The Kier molecular flexibility index (Phi) is 6.14. The first-order valence-electron chi connectivity index (χ1n) is 11.8. The molecule has 4 aromatic rings. The first-order valence-corrected chi connectivity index (χ1v) is 11.8. The molecule has 0 fully saturated rings. The first-order chi connectivity index (χ1) is 17.1. The van der Waals surface area contributed by atoms with Gasteiger partial charge >= 0.3 is 0 Å². The molecule has 0 aliphatic carbocycles. The third-order valence-corrected chi connectivity index (χ3v) is 6.05. The van der Waals surface area contributed by atoms with Gasteiger partial charge in [0.2, 0.25) is 11.8 Å². The van der Waals surface area contributed by atoms with Crippen LogP contribution in [0.1, 0.15) is 30.5 Å². The Morgan fingerprint density at radius 1 is 1.00 bits per heavy atom. The molecule has 178 valence electrons. The molecule has 0 unspecified atom stereocenters. The van der Waals surface area contributed by atoms with Crippen molar-refractivity contribution in [1.82, 2.24) is 9.36 Å². The second-order valence-electron chi connectivity index (χ2n) is 8.35. The van der Waals surface area contributed by atoms with Crippen LogP contribution in [-0.4, -0.2) is 21.9 Å². The van der Waals surface area contributed by atoms with Crippen LogP contribution in [0.25, 0.3) is 5.69 Å². The van der Waals surface area contributed by atoms with Crippen molar-refractivity contribution in [2.45, 2.75) is 33.2 Å². The Hall–Kier alpha value is -4.26. The lowest BCUT2D eigenvalue weighted by Gasteiger charge is -2.21. The number of aryl methyl sites for hydroxylation is 1. The molecule has 2 heterocycles. The number of aromatic nitrogens is 2. The van der Waals surface area contributed by atoms with Crippen LogP contribution in [0, 0.1) is 0 Å². The zero-order valence-electron chi connectivity index (χ0n) is 19.8. The molecule has 0 spiro atoms. The molecule has 1 amide bonds. The number of ether oxygens (including phenoxy) is 2. The number of hydrogen-bond donors (Lipinski definition) is 1. The number of fused-ring (bicyclic) bond motifs is 2. The summed E-state index contributed by atoms with van der Waals surface area (Å²) in [5.41, 5.74) is 3.72. The SMILES string of the molecule is CCOc1cccc2c1Oc1c(c(=O)n(-c3ccccc3)n1CC(=O)Nc1ccc(CC)cc1)C2. The minimum absolute atomic E-state index is 0.0961. The molecule has 1 N–H and O–H groups in total. The standard InChI is InChI=1S/C28H27N3O4/c1-3-19-13-15-21(16-14-19)29-25(32)18-30-28-23(27(33)31(30)22-10-6-5-7-11-22)17-20-9-8-12-24(34-4-2)26(20)35-28/h5-16H,3-4,17-18H2,1-2H3,(H,29,32). The number of hydrogen-bond acceptors (Lipinski definition) is 4. The molecule has 3 aromatic carbocycles. The monoisotopic (exact) mass is 469 g/mol. The van der Waals surface area contributed by atoms with Crippen molar-refractivity contribution in [3.8, 4) is 23.1 Å². The predicted octanol–water partition coefficient (Wildman–Crippen LogP) is 4.94. The minimum Gasteiger partial charge on any atom is -0.490 e. The Morgan fingerprint density at radius 2 is 1.77 bits per heavy atom. The number of rotatable bonds is 7. The van der Waals surface area contributed by atoms with Crippen molar-refractivity contribution >= 4 is 11.6 Å². The molecule has 5 rings (SSSR count). The fourth-order valence-corrected chi connectivity index (χ4v) is 4.34. The van der Waals surface area contributed by atoms with Crippen molar-refractivity contribution in [3.05, 3.63) is 99.8 Å². The highest BCUT2D eigenvalue weighted by Gasteiger charge is 2.30. The fourth-order valence-electron chi connectivity index (χ4n) is 4.34. The number of nitrogens with zero attached hydrogens (tertiary/aromatic N) is 2. The van der Waals surface area contributed by atoms with Crippen molar-refractivity contribution in [1.29, 1.82) is 0 Å². The maximum absolute atomic E-state index is 13.6. The Morgan fingerprint density at radius 3 is 2.49 bits per heavy atom. The second-order valence-corrected chi connectivity index (χ2v) is 8.35. The fraction of sp³-hybridized carbons (Fsp3) is 0.214. The Balaban J connectivity index is 1.55. The third-order valence-electron chi connectivity index (χ3n) is 6.05. The number of carbonyl (C=O) groups is 1. The zero-order valence-corrected chi connectivity index (χ0v) is 19.8. The van der Waals surface area contributed by atoms with Gasteiger partial charge in [-0.15, -0.1) is 0 Å². The minimum atomic E-state index is -0.260. The molecular weight excluding hydrogens is 442 g/mol. The second kappa shape index (κ2) is 9.54. The average Bonchev–Trinajstić information content (AvgIpc) is 3.14. The molecule has 0 radical (unpaired) electrons. The van der Waals surface area contributed by atoms with E-state index in [1.54, 1.807) is 4.68 Å². The van der Waals surface area contributed by atoms with Gasteiger partial charge in [0.15, 0.2) is 11.5 Å². The van der Waals surface area contributed by atoms with E-state index in [9.17, 15) is 9.59 Å². The van der Waals surface area contributed by atoms with Gasteiger partial charge in [0.25, 0.3) is 5.56 Å². The summed E-state index contributed by atoms with van der Waals surface area (Å²) < 4.78 is 15.2. The molecule has 7 nitrogen and oxygen atoms in total. The predicted molar refractivity (Wildman–Crippen MR) is 135 cm³/mol. The quantitative estimate of drug-likeness (QED) is 0.367. The van der Waals surface area contributed by atoms with Crippen LogP contribution in [0.5, 0.6) is 17.4 Å². The van der Waals surface area contributed by atoms with E-state index in [1.165, 1.54) is 10.2 Å². The van der Waals surface area contributed by atoms with Crippen LogP contribution in [0.15, 0.2) is 77.6 Å². The molecule has 1 aromatic heterocycles. The van der Waals surface area contributed by atoms with Gasteiger partial charge in [0, 0.05) is 17.7 Å². The summed E-state index contributed by atoms with van der Waals surface area (Å²) in [5, 5.41) is 2.93. The van der Waals surface area contributed by atoms with E-state index in [2.05, 4.69) is 12.2 Å². The molecule has 0 saturated carbocycles. The Labute approximate surface area is 203 Å². The molecule has 1 aliphatic heterocycles. The van der Waals surface area contributed by atoms with Crippen molar-refractivity contribution in [2.75, 3.05) is 11.9 Å². The summed E-state index contributed by atoms with van der Waals surface area (Å²) in [6, 6.07) is 22.7. The van der Waals surface area contributed by atoms with Crippen LogP contribution < -0.4 is 20.3 Å².